The van der Waals surface area contributed by atoms with E-state index in [1.807, 2.05) is 0 Å². The molecule has 0 spiro atoms. The van der Waals surface area contributed by atoms with Gasteiger partial charge < -0.3 is 4.90 Å². The molecule has 59 heavy (non-hydrogen) atoms. The number of benzene rings is 9. The molecule has 9 aromatic carbocycles. The summed E-state index contributed by atoms with van der Waals surface area (Å²) in [5.74, 6) is 0. The third-order valence-electron chi connectivity index (χ3n) is 13.3. The Morgan fingerprint density at radius 1 is 0.339 bits per heavy atom. The van der Waals surface area contributed by atoms with Crippen LogP contribution in [0.3, 0.4) is 0 Å². The van der Waals surface area contributed by atoms with Crippen molar-refractivity contribution in [1.29, 1.82) is 0 Å². The minimum absolute atomic E-state index is 0.0516. The number of hydrogen-bond acceptors (Lipinski definition) is 1. The van der Waals surface area contributed by atoms with Crippen molar-refractivity contribution in [2.75, 3.05) is 4.90 Å². The van der Waals surface area contributed by atoms with Crippen LogP contribution in [0.25, 0.3) is 66.4 Å². The highest BCUT2D eigenvalue weighted by atomic mass is 15.1. The zero-order valence-electron chi connectivity index (χ0n) is 34.0. The predicted octanol–water partition coefficient (Wildman–Crippen LogP) is 15.9. The second kappa shape index (κ2) is 13.3. The molecule has 0 unspecified atom stereocenters. The van der Waals surface area contributed by atoms with Gasteiger partial charge in [-0.2, -0.15) is 0 Å². The van der Waals surface area contributed by atoms with Crippen molar-refractivity contribution in [3.05, 3.63) is 222 Å². The molecule has 9 aromatic rings. The van der Waals surface area contributed by atoms with E-state index in [2.05, 4.69) is 233 Å². The first-order valence-corrected chi connectivity index (χ1v) is 20.9. The zero-order valence-corrected chi connectivity index (χ0v) is 34.0. The van der Waals surface area contributed by atoms with Crippen molar-refractivity contribution < 1.29 is 0 Å². The smallest absolute Gasteiger partial charge is 0.0540 e. The minimum Gasteiger partial charge on any atom is -0.309 e. The minimum atomic E-state index is -0.151. The van der Waals surface area contributed by atoms with Crippen molar-refractivity contribution in [1.82, 2.24) is 0 Å². The standard InChI is InChI=1S/C58H45N/c1-57(2)50-25-13-10-22-45(50)46-35-32-41(37-52(46)57)38-29-33-42(34-30-38)59(53-27-14-11-20-43(53)39-17-6-5-7-18-39)54-28-15-12-23-47(54)48-24-16-26-51-55(48)49-36-31-40-19-8-9-21-44(40)56(49)58(51,3)4/h5-37H,1-4H3. The molecule has 2 aliphatic carbocycles. The highest BCUT2D eigenvalue weighted by Gasteiger charge is 2.39. The molecular formula is C58H45N. The van der Waals surface area contributed by atoms with Gasteiger partial charge in [-0.1, -0.05) is 198 Å². The number of para-hydroxylation sites is 2. The van der Waals surface area contributed by atoms with E-state index >= 15 is 0 Å². The summed E-state index contributed by atoms with van der Waals surface area (Å²) in [4.78, 5) is 2.48. The van der Waals surface area contributed by atoms with Gasteiger partial charge in [-0.15, -0.1) is 0 Å². The third kappa shape index (κ3) is 5.38. The van der Waals surface area contributed by atoms with Crippen LogP contribution in [-0.2, 0) is 10.8 Å². The van der Waals surface area contributed by atoms with Crippen LogP contribution in [-0.4, -0.2) is 0 Å². The molecule has 282 valence electrons. The second-order valence-electron chi connectivity index (χ2n) is 17.3. The van der Waals surface area contributed by atoms with Gasteiger partial charge in [0.15, 0.2) is 0 Å². The first-order valence-electron chi connectivity index (χ1n) is 20.9. The number of fused-ring (bicyclic) bond motifs is 8. The van der Waals surface area contributed by atoms with Gasteiger partial charge >= 0.3 is 0 Å². The van der Waals surface area contributed by atoms with Crippen LogP contribution in [0.15, 0.2) is 200 Å². The van der Waals surface area contributed by atoms with E-state index in [9.17, 15) is 0 Å². The summed E-state index contributed by atoms with van der Waals surface area (Å²) in [5, 5.41) is 2.62. The van der Waals surface area contributed by atoms with Gasteiger partial charge in [0.25, 0.3) is 0 Å². The van der Waals surface area contributed by atoms with Gasteiger partial charge in [-0.25, -0.2) is 0 Å². The van der Waals surface area contributed by atoms with E-state index in [0.29, 0.717) is 0 Å². The molecule has 0 saturated carbocycles. The van der Waals surface area contributed by atoms with Crippen molar-refractivity contribution >= 4 is 27.8 Å². The first kappa shape index (κ1) is 35.2. The molecule has 0 atom stereocenters. The Labute approximate surface area is 347 Å². The van der Waals surface area contributed by atoms with Crippen LogP contribution in [0.2, 0.25) is 0 Å². The topological polar surface area (TPSA) is 3.24 Å². The summed E-state index contributed by atoms with van der Waals surface area (Å²) in [6.07, 6.45) is 0. The number of anilines is 3. The molecule has 0 N–H and O–H groups in total. The highest BCUT2D eigenvalue weighted by molar-refractivity contribution is 6.04. The molecule has 11 rings (SSSR count). The predicted molar refractivity (Wildman–Crippen MR) is 250 cm³/mol. The van der Waals surface area contributed by atoms with Crippen LogP contribution >= 0.6 is 0 Å². The maximum atomic E-state index is 2.48. The molecule has 1 heteroatoms. The normalized spacial score (nSPS) is 14.0. The van der Waals surface area contributed by atoms with Crippen LogP contribution in [0.1, 0.15) is 49.9 Å². The number of nitrogens with zero attached hydrogens (tertiary/aromatic N) is 1. The molecule has 0 aromatic heterocycles. The molecule has 1 nitrogen and oxygen atoms in total. The van der Waals surface area contributed by atoms with Gasteiger partial charge in [0.2, 0.25) is 0 Å². The Morgan fingerprint density at radius 3 is 1.71 bits per heavy atom. The van der Waals surface area contributed by atoms with E-state index in [4.69, 9.17) is 0 Å². The molecule has 0 saturated heterocycles. The lowest BCUT2D eigenvalue weighted by atomic mass is 9.80. The van der Waals surface area contributed by atoms with Gasteiger partial charge in [0.05, 0.1) is 11.4 Å². The lowest BCUT2D eigenvalue weighted by molar-refractivity contribution is 0.660. The Hall–Kier alpha value is -6.96. The summed E-state index contributed by atoms with van der Waals surface area (Å²) in [6, 6.07) is 74.2. The molecule has 0 fully saturated rings. The van der Waals surface area contributed by atoms with Crippen molar-refractivity contribution in [2.24, 2.45) is 0 Å². The summed E-state index contributed by atoms with van der Waals surface area (Å²) in [6.45, 7) is 9.50. The van der Waals surface area contributed by atoms with Crippen molar-refractivity contribution in [3.63, 3.8) is 0 Å². The summed E-state index contributed by atoms with van der Waals surface area (Å²) >= 11 is 0. The summed E-state index contributed by atoms with van der Waals surface area (Å²) in [7, 11) is 0. The fraction of sp³-hybridized carbons (Fsp3) is 0.103. The molecule has 0 amide bonds. The van der Waals surface area contributed by atoms with Crippen LogP contribution in [0.4, 0.5) is 17.1 Å². The fourth-order valence-corrected chi connectivity index (χ4v) is 10.4. The van der Waals surface area contributed by atoms with Crippen molar-refractivity contribution in [3.8, 4) is 55.6 Å². The monoisotopic (exact) mass is 755 g/mol. The Kier molecular flexibility index (Phi) is 7.94. The average molecular weight is 756 g/mol. The second-order valence-corrected chi connectivity index (χ2v) is 17.3. The van der Waals surface area contributed by atoms with Gasteiger partial charge in [-0.05, 0) is 108 Å². The highest BCUT2D eigenvalue weighted by Crippen LogP contribution is 2.56. The zero-order chi connectivity index (χ0) is 39.9. The summed E-state index contributed by atoms with van der Waals surface area (Å²) in [5.41, 5.74) is 21.4. The van der Waals surface area contributed by atoms with E-state index < -0.39 is 0 Å². The largest absolute Gasteiger partial charge is 0.309 e. The van der Waals surface area contributed by atoms with E-state index in [1.54, 1.807) is 0 Å². The van der Waals surface area contributed by atoms with E-state index in [-0.39, 0.29) is 10.8 Å². The lowest BCUT2D eigenvalue weighted by Gasteiger charge is -2.30. The summed E-state index contributed by atoms with van der Waals surface area (Å²) < 4.78 is 0. The lowest BCUT2D eigenvalue weighted by Crippen LogP contribution is -2.15. The molecule has 2 aliphatic rings. The van der Waals surface area contributed by atoms with E-state index in [0.717, 1.165) is 17.1 Å². The molecule has 0 heterocycles. The van der Waals surface area contributed by atoms with E-state index in [1.165, 1.54) is 88.7 Å². The Bertz CT molecular complexity index is 3090. The fourth-order valence-electron chi connectivity index (χ4n) is 10.4. The number of rotatable bonds is 6. The SMILES string of the molecule is CC1(C)c2ccccc2-c2ccc(-c3ccc(N(c4ccccc4-c4ccccc4)c4ccccc4-c4cccc5c4-c4ccc6ccccc6c4C5(C)C)cc3)cc21. The van der Waals surface area contributed by atoms with Crippen LogP contribution in [0, 0.1) is 0 Å². The molecular weight excluding hydrogens is 711 g/mol. The Balaban J connectivity index is 1.09. The molecule has 0 bridgehead atoms. The van der Waals surface area contributed by atoms with Crippen LogP contribution < -0.4 is 4.90 Å². The maximum Gasteiger partial charge on any atom is 0.0540 e. The van der Waals surface area contributed by atoms with Crippen LogP contribution in [0.5, 0.6) is 0 Å². The first-order chi connectivity index (χ1) is 28.8. The molecule has 0 aliphatic heterocycles. The Morgan fingerprint density at radius 2 is 0.915 bits per heavy atom. The van der Waals surface area contributed by atoms with Gasteiger partial charge in [-0.3, -0.25) is 0 Å². The average Bonchev–Trinajstić information content (AvgIpc) is 3.67. The van der Waals surface area contributed by atoms with Gasteiger partial charge in [0, 0.05) is 27.6 Å². The van der Waals surface area contributed by atoms with Crippen molar-refractivity contribution in [2.45, 2.75) is 38.5 Å². The quantitative estimate of drug-likeness (QED) is 0.163. The van der Waals surface area contributed by atoms with Gasteiger partial charge in [0.1, 0.15) is 0 Å². The maximum absolute atomic E-state index is 2.48. The number of hydrogen-bond donors (Lipinski definition) is 0. The third-order valence-corrected chi connectivity index (χ3v) is 13.3. The molecule has 0 radical (unpaired) electrons.